The number of aromatic amines is 2. The van der Waals surface area contributed by atoms with Crippen molar-refractivity contribution in [2.45, 2.75) is 39.3 Å². The Morgan fingerprint density at radius 2 is 2.07 bits per heavy atom. The molecule has 2 aromatic heterocycles. The summed E-state index contributed by atoms with van der Waals surface area (Å²) < 4.78 is 6.33. The van der Waals surface area contributed by atoms with Crippen LogP contribution in [0.25, 0.3) is 22.3 Å². The van der Waals surface area contributed by atoms with Gasteiger partial charge in [-0.25, -0.2) is 19.7 Å². The number of likely N-dealkylation sites (tertiary alicyclic amines) is 1. The normalized spacial score (nSPS) is 19.6. The highest BCUT2D eigenvalue weighted by molar-refractivity contribution is 5.89. The van der Waals surface area contributed by atoms with E-state index in [1.807, 2.05) is 51.1 Å². The highest BCUT2D eigenvalue weighted by Gasteiger charge is 2.45. The van der Waals surface area contributed by atoms with Crippen molar-refractivity contribution < 1.29 is 14.6 Å². The molecular weight excluding hydrogens is 374 g/mol. The lowest BCUT2D eigenvalue weighted by molar-refractivity contribution is 0.0560. The lowest BCUT2D eigenvalue weighted by Crippen LogP contribution is -2.48. The number of ether oxygens (including phenoxy) is 1. The van der Waals surface area contributed by atoms with Gasteiger partial charge in [0.1, 0.15) is 11.8 Å². The largest absolute Gasteiger partial charge is 0.472 e. The molecule has 3 N–H and O–H groups in total. The zero-order valence-electron chi connectivity index (χ0n) is 16.5. The van der Waals surface area contributed by atoms with Crippen LogP contribution in [0.2, 0.25) is 0 Å². The summed E-state index contributed by atoms with van der Waals surface area (Å²) in [6, 6.07) is 9.15. The highest BCUT2D eigenvalue weighted by Crippen LogP contribution is 2.37. The molecule has 0 saturated carbocycles. The molecule has 1 amide bonds. The van der Waals surface area contributed by atoms with Crippen LogP contribution in [0, 0.1) is 5.41 Å². The summed E-state index contributed by atoms with van der Waals surface area (Å²) in [6.07, 6.45) is -0.708. The number of nitrogens with zero attached hydrogens (tertiary/aromatic N) is 3. The topological polar surface area (TPSA) is 124 Å². The number of H-pyrrole nitrogens is 2. The number of rotatable bonds is 3. The van der Waals surface area contributed by atoms with Crippen molar-refractivity contribution in [3.8, 4) is 17.4 Å². The first-order valence-electron chi connectivity index (χ1n) is 9.45. The number of benzene rings is 1. The average Bonchev–Trinajstić information content (AvgIpc) is 3.28. The average molecular weight is 397 g/mol. The van der Waals surface area contributed by atoms with Gasteiger partial charge in [-0.1, -0.05) is 39.0 Å². The van der Waals surface area contributed by atoms with Gasteiger partial charge in [0.15, 0.2) is 5.82 Å². The molecule has 2 atom stereocenters. The molecule has 1 aliphatic rings. The number of carbonyl (C=O) groups is 1. The maximum atomic E-state index is 11.7. The van der Waals surface area contributed by atoms with Gasteiger partial charge in [-0.15, -0.1) is 0 Å². The molecule has 1 saturated heterocycles. The Labute approximate surface area is 166 Å². The molecule has 1 aliphatic heterocycles. The summed E-state index contributed by atoms with van der Waals surface area (Å²) in [5.41, 5.74) is -0.254. The molecule has 0 aliphatic carbocycles. The van der Waals surface area contributed by atoms with Gasteiger partial charge >= 0.3 is 11.8 Å². The number of aromatic nitrogens is 4. The first-order valence-corrected chi connectivity index (χ1v) is 9.45. The van der Waals surface area contributed by atoms with Gasteiger partial charge in [0.2, 0.25) is 5.88 Å². The fraction of sp³-hybridized carbons (Fsp3) is 0.400. The molecule has 1 fully saturated rings. The monoisotopic (exact) mass is 397 g/mol. The number of amides is 1. The SMILES string of the molecule is CC(C)(C)C1C(Oc2nc(-c3n[nH]c(=O)[nH]3)cc3ccccc23)CCN1C(=O)O. The second-order valence-electron chi connectivity index (χ2n) is 8.29. The molecule has 0 spiro atoms. The molecule has 9 nitrogen and oxygen atoms in total. The van der Waals surface area contributed by atoms with Gasteiger partial charge in [-0.2, -0.15) is 5.10 Å². The molecule has 152 valence electrons. The zero-order chi connectivity index (χ0) is 20.8. The van der Waals surface area contributed by atoms with E-state index in [4.69, 9.17) is 4.74 Å². The van der Waals surface area contributed by atoms with Crippen LogP contribution in [-0.2, 0) is 0 Å². The van der Waals surface area contributed by atoms with Crippen molar-refractivity contribution >= 4 is 16.9 Å². The smallest absolute Gasteiger partial charge is 0.407 e. The van der Waals surface area contributed by atoms with E-state index in [1.165, 1.54) is 4.90 Å². The second kappa shape index (κ2) is 6.91. The van der Waals surface area contributed by atoms with Crippen molar-refractivity contribution in [3.63, 3.8) is 0 Å². The summed E-state index contributed by atoms with van der Waals surface area (Å²) in [6.45, 7) is 6.43. The Kier molecular flexibility index (Phi) is 4.52. The fourth-order valence-electron chi connectivity index (χ4n) is 4.04. The number of fused-ring (bicyclic) bond motifs is 1. The summed E-state index contributed by atoms with van der Waals surface area (Å²) in [4.78, 5) is 31.8. The summed E-state index contributed by atoms with van der Waals surface area (Å²) in [7, 11) is 0. The molecule has 4 rings (SSSR count). The van der Waals surface area contributed by atoms with Crippen molar-refractivity contribution in [2.24, 2.45) is 5.41 Å². The third-order valence-electron chi connectivity index (χ3n) is 5.19. The second-order valence-corrected chi connectivity index (χ2v) is 8.29. The minimum atomic E-state index is -0.948. The first-order chi connectivity index (χ1) is 13.7. The summed E-state index contributed by atoms with van der Waals surface area (Å²) in [5, 5.41) is 17.6. The molecule has 2 unspecified atom stereocenters. The summed E-state index contributed by atoms with van der Waals surface area (Å²) in [5.74, 6) is 0.713. The maximum Gasteiger partial charge on any atom is 0.407 e. The summed E-state index contributed by atoms with van der Waals surface area (Å²) >= 11 is 0. The van der Waals surface area contributed by atoms with Crippen LogP contribution >= 0.6 is 0 Å². The van der Waals surface area contributed by atoms with E-state index < -0.39 is 11.8 Å². The van der Waals surface area contributed by atoms with Crippen LogP contribution in [0.5, 0.6) is 5.88 Å². The van der Waals surface area contributed by atoms with E-state index in [9.17, 15) is 14.7 Å². The van der Waals surface area contributed by atoms with Gasteiger partial charge in [0, 0.05) is 18.4 Å². The Bertz CT molecular complexity index is 1110. The van der Waals surface area contributed by atoms with Crippen LogP contribution in [0.15, 0.2) is 35.1 Å². The third-order valence-corrected chi connectivity index (χ3v) is 5.19. The minimum Gasteiger partial charge on any atom is -0.472 e. The Hall–Kier alpha value is -3.36. The van der Waals surface area contributed by atoms with Crippen LogP contribution in [0.3, 0.4) is 0 Å². The Balaban J connectivity index is 1.77. The van der Waals surface area contributed by atoms with Crippen molar-refractivity contribution in [3.05, 3.63) is 40.8 Å². The molecule has 3 aromatic rings. The molecule has 0 bridgehead atoms. The first kappa shape index (κ1) is 19.0. The van der Waals surface area contributed by atoms with E-state index in [0.29, 0.717) is 30.4 Å². The van der Waals surface area contributed by atoms with Crippen LogP contribution < -0.4 is 10.4 Å². The standard InChI is InChI=1S/C20H23N5O4/c1-20(2,3)15-14(8-9-25(15)19(27)28)29-17-12-7-5-4-6-11(12)10-13(21-17)16-22-18(26)24-23-16/h4-7,10,14-15H,8-9H2,1-3H3,(H,27,28)(H2,22,23,24,26). The van der Waals surface area contributed by atoms with Gasteiger partial charge in [-0.05, 0) is 22.9 Å². The zero-order valence-corrected chi connectivity index (χ0v) is 16.5. The van der Waals surface area contributed by atoms with Gasteiger partial charge in [0.05, 0.1) is 6.04 Å². The van der Waals surface area contributed by atoms with Crippen LogP contribution in [-0.4, -0.2) is 55.0 Å². The van der Waals surface area contributed by atoms with E-state index >= 15 is 0 Å². The van der Waals surface area contributed by atoms with E-state index in [2.05, 4.69) is 20.2 Å². The predicted molar refractivity (Wildman–Crippen MR) is 107 cm³/mol. The molecule has 1 aromatic carbocycles. The Morgan fingerprint density at radius 1 is 1.31 bits per heavy atom. The van der Waals surface area contributed by atoms with E-state index in [0.717, 1.165) is 10.8 Å². The number of carboxylic acid groups (broad SMARTS) is 1. The molecule has 0 radical (unpaired) electrons. The number of hydrogen-bond donors (Lipinski definition) is 3. The van der Waals surface area contributed by atoms with Crippen molar-refractivity contribution in [1.29, 1.82) is 0 Å². The lowest BCUT2D eigenvalue weighted by atomic mass is 9.84. The minimum absolute atomic E-state index is 0.305. The fourth-order valence-corrected chi connectivity index (χ4v) is 4.04. The molecule has 3 heterocycles. The van der Waals surface area contributed by atoms with Crippen LogP contribution in [0.1, 0.15) is 27.2 Å². The van der Waals surface area contributed by atoms with Gasteiger partial charge in [-0.3, -0.25) is 4.98 Å². The quantitative estimate of drug-likeness (QED) is 0.624. The number of nitrogens with one attached hydrogen (secondary N) is 2. The third kappa shape index (κ3) is 3.55. The lowest BCUT2D eigenvalue weighted by Gasteiger charge is -2.36. The Morgan fingerprint density at radius 3 is 2.72 bits per heavy atom. The number of hydrogen-bond acceptors (Lipinski definition) is 5. The molecule has 9 heteroatoms. The van der Waals surface area contributed by atoms with Gasteiger partial charge < -0.3 is 14.7 Å². The molecule has 29 heavy (non-hydrogen) atoms. The predicted octanol–water partition coefficient (Wildman–Crippen LogP) is 2.86. The van der Waals surface area contributed by atoms with E-state index in [1.54, 1.807) is 0 Å². The van der Waals surface area contributed by atoms with Crippen molar-refractivity contribution in [1.82, 2.24) is 25.1 Å². The maximum absolute atomic E-state index is 11.7. The van der Waals surface area contributed by atoms with E-state index in [-0.39, 0.29) is 17.6 Å². The highest BCUT2D eigenvalue weighted by atomic mass is 16.5. The number of pyridine rings is 1. The van der Waals surface area contributed by atoms with Gasteiger partial charge in [0.25, 0.3) is 0 Å². The molecular formula is C20H23N5O4. The van der Waals surface area contributed by atoms with Crippen LogP contribution in [0.4, 0.5) is 4.79 Å². The van der Waals surface area contributed by atoms with Crippen molar-refractivity contribution in [2.75, 3.05) is 6.54 Å².